The van der Waals surface area contributed by atoms with E-state index in [9.17, 15) is 0 Å². The molecule has 3 aromatic rings. The van der Waals surface area contributed by atoms with Gasteiger partial charge in [0, 0.05) is 49.6 Å². The molecule has 6 rings (SSSR count). The maximum Gasteiger partial charge on any atom is 0.216 e. The zero-order valence-corrected chi connectivity index (χ0v) is 15.4. The molecule has 7 nitrogen and oxygen atoms in total. The van der Waals surface area contributed by atoms with Gasteiger partial charge in [0.25, 0.3) is 0 Å². The molecular formula is C22H17N7. The molecule has 0 unspecified atom stereocenters. The van der Waals surface area contributed by atoms with Crippen molar-refractivity contribution in [3.63, 3.8) is 0 Å². The molecule has 0 saturated heterocycles. The van der Waals surface area contributed by atoms with Crippen LogP contribution in [-0.4, -0.2) is 34.6 Å². The zero-order chi connectivity index (χ0) is 19.2. The van der Waals surface area contributed by atoms with E-state index in [0.29, 0.717) is 0 Å². The van der Waals surface area contributed by atoms with Gasteiger partial charge in [0.2, 0.25) is 13.3 Å². The Morgan fingerprint density at radius 2 is 0.793 bits per heavy atom. The third kappa shape index (κ3) is 3.12. The van der Waals surface area contributed by atoms with Crippen molar-refractivity contribution in [2.24, 2.45) is 0 Å². The fourth-order valence-corrected chi connectivity index (χ4v) is 3.44. The predicted molar refractivity (Wildman–Crippen MR) is 109 cm³/mol. The Bertz CT molecular complexity index is 1340. The zero-order valence-electron chi connectivity index (χ0n) is 15.4. The minimum Gasteiger partial charge on any atom is -0.353 e. The van der Waals surface area contributed by atoms with Crippen LogP contribution in [0.5, 0.6) is 0 Å². The largest absolute Gasteiger partial charge is 0.353 e. The molecule has 3 aromatic heterocycles. The topological polar surface area (TPSA) is 60.3 Å². The van der Waals surface area contributed by atoms with Crippen molar-refractivity contribution in [1.82, 2.24) is 34.6 Å². The van der Waals surface area contributed by atoms with Gasteiger partial charge in [-0.1, -0.05) is 0 Å². The van der Waals surface area contributed by atoms with Crippen LogP contribution in [0.3, 0.4) is 0 Å². The van der Waals surface area contributed by atoms with E-state index < -0.39 is 0 Å². The monoisotopic (exact) mass is 379 g/mol. The summed E-state index contributed by atoms with van der Waals surface area (Å²) >= 11 is 0. The lowest BCUT2D eigenvalue weighted by atomic mass is 10.5. The van der Waals surface area contributed by atoms with Crippen LogP contribution in [0, 0.1) is 24.0 Å². The van der Waals surface area contributed by atoms with E-state index in [-0.39, 0.29) is 0 Å². The van der Waals surface area contributed by atoms with Crippen molar-refractivity contribution in [2.45, 2.75) is 0 Å². The molecule has 6 heterocycles. The molecule has 0 amide bonds. The van der Waals surface area contributed by atoms with Crippen LogP contribution in [0.15, 0.2) is 61.2 Å². The molecule has 10 bridgehead atoms. The minimum absolute atomic E-state index is 0.987. The van der Waals surface area contributed by atoms with Gasteiger partial charge in [-0.3, -0.25) is 0 Å². The molecule has 3 aliphatic heterocycles. The Balaban J connectivity index is 1.50. The van der Waals surface area contributed by atoms with Crippen LogP contribution in [0.2, 0.25) is 0 Å². The second kappa shape index (κ2) is 6.27. The maximum atomic E-state index is 3.43. The van der Waals surface area contributed by atoms with Gasteiger partial charge >= 0.3 is 0 Å². The average molecular weight is 379 g/mol. The lowest BCUT2D eigenvalue weighted by Gasteiger charge is -2.11. The first kappa shape index (κ1) is 16.0. The normalized spacial score (nSPS) is 23.2. The van der Waals surface area contributed by atoms with Crippen LogP contribution in [-0.2, 0) is 0 Å². The first-order chi connectivity index (χ1) is 14.3. The van der Waals surface area contributed by atoms with E-state index >= 15 is 0 Å². The van der Waals surface area contributed by atoms with E-state index in [1.165, 1.54) is 0 Å². The van der Waals surface area contributed by atoms with Crippen LogP contribution in [0.1, 0.15) is 0 Å². The Hall–Kier alpha value is -4.00. The number of nitrogens with one attached hydrogen (secondary N) is 3. The number of aromatic nitrogens is 3. The van der Waals surface area contributed by atoms with Crippen molar-refractivity contribution in [2.75, 3.05) is 0 Å². The van der Waals surface area contributed by atoms with E-state index in [2.05, 4.69) is 52.6 Å². The summed E-state index contributed by atoms with van der Waals surface area (Å²) < 4.78 is 0. The van der Waals surface area contributed by atoms with E-state index in [4.69, 9.17) is 0 Å². The SMILES string of the molecule is [C]1N2C=CN1/C=c1/cc/c([nH]1)=c1\cc/c([nH]1)=C/N1[C]N(C=C1)/C=c1/cc/c([nH]1)=C/2. The van der Waals surface area contributed by atoms with Crippen LogP contribution < -0.4 is 21.4 Å². The first-order valence-corrected chi connectivity index (χ1v) is 9.26. The van der Waals surface area contributed by atoms with Gasteiger partial charge in [-0.25, -0.2) is 0 Å². The lowest BCUT2D eigenvalue weighted by molar-refractivity contribution is 0.541. The molecule has 29 heavy (non-hydrogen) atoms. The highest BCUT2D eigenvalue weighted by Crippen LogP contribution is 2.12. The summed E-state index contributed by atoms with van der Waals surface area (Å²) in [4.78, 5) is 17.8. The fraction of sp³-hybridized carbons (Fsp3) is 0. The van der Waals surface area contributed by atoms with E-state index in [0.717, 1.165) is 32.1 Å². The molecule has 0 aromatic carbocycles. The Morgan fingerprint density at radius 1 is 0.448 bits per heavy atom. The van der Waals surface area contributed by atoms with Gasteiger partial charge in [-0.2, -0.15) is 0 Å². The van der Waals surface area contributed by atoms with Crippen LogP contribution in [0.4, 0.5) is 0 Å². The molecule has 0 fully saturated rings. The maximum absolute atomic E-state index is 3.43. The Labute approximate surface area is 166 Å². The summed E-state index contributed by atoms with van der Waals surface area (Å²) in [6.07, 6.45) is 15.8. The Morgan fingerprint density at radius 3 is 1.21 bits per heavy atom. The number of rotatable bonds is 0. The highest BCUT2D eigenvalue weighted by atomic mass is 15.3. The van der Waals surface area contributed by atoms with Crippen molar-refractivity contribution >= 4 is 24.8 Å². The minimum atomic E-state index is 0.987. The highest BCUT2D eigenvalue weighted by molar-refractivity contribution is 5.34. The first-order valence-electron chi connectivity index (χ1n) is 9.26. The number of H-pyrrole nitrogens is 3. The lowest BCUT2D eigenvalue weighted by Crippen LogP contribution is -2.19. The molecule has 0 spiro atoms. The standard InChI is InChI=1S/C22H17N7/c1-2-18-12-27-8-10-29(16-27)14-20-4-6-22(25-20)21-5-3-19(24-21)13-28-9-7-26(15-28)11-17(1)23-18/h1-14,23-25H/b17-11-,18-12-,19-13-,20-14-,22-21-. The molecule has 4 radical (unpaired) electrons. The molecule has 3 aliphatic rings. The highest BCUT2D eigenvalue weighted by Gasteiger charge is 2.12. The Kier molecular flexibility index (Phi) is 3.46. The van der Waals surface area contributed by atoms with Crippen molar-refractivity contribution in [3.05, 3.63) is 107 Å². The number of fused-ring (bicyclic) bond motifs is 10. The number of hydrogen-bond donors (Lipinski definition) is 3. The van der Waals surface area contributed by atoms with Crippen molar-refractivity contribution in [3.8, 4) is 0 Å². The summed E-state index contributed by atoms with van der Waals surface area (Å²) in [5, 5.41) is 6.01. The van der Waals surface area contributed by atoms with Crippen molar-refractivity contribution < 1.29 is 0 Å². The average Bonchev–Trinajstić information content (AvgIpc) is 3.50. The molecule has 0 atom stereocenters. The van der Waals surface area contributed by atoms with Gasteiger partial charge in [-0.05, 0) is 36.4 Å². The fourth-order valence-electron chi connectivity index (χ4n) is 3.44. The van der Waals surface area contributed by atoms with Gasteiger partial charge in [0.1, 0.15) is 0 Å². The quantitative estimate of drug-likeness (QED) is 0.506. The van der Waals surface area contributed by atoms with E-state index in [1.807, 2.05) is 81.3 Å². The second-order valence-corrected chi connectivity index (χ2v) is 6.97. The van der Waals surface area contributed by atoms with Gasteiger partial charge < -0.3 is 34.6 Å². The molecule has 3 N–H and O–H groups in total. The third-order valence-electron chi connectivity index (χ3n) is 4.79. The van der Waals surface area contributed by atoms with Crippen molar-refractivity contribution in [1.29, 1.82) is 0 Å². The third-order valence-corrected chi connectivity index (χ3v) is 4.79. The summed E-state index contributed by atoms with van der Waals surface area (Å²) in [5.74, 6) is 0. The second-order valence-electron chi connectivity index (χ2n) is 6.97. The molecule has 0 saturated carbocycles. The van der Waals surface area contributed by atoms with E-state index in [1.54, 1.807) is 0 Å². The summed E-state index contributed by atoms with van der Waals surface area (Å²) in [6.45, 7) is 6.54. The predicted octanol–water partition coefficient (Wildman–Crippen LogP) is -0.206. The summed E-state index contributed by atoms with van der Waals surface area (Å²) in [6, 6.07) is 12.3. The van der Waals surface area contributed by atoms with Gasteiger partial charge in [0.05, 0.1) is 32.1 Å². The molecule has 7 heteroatoms. The molecular weight excluding hydrogens is 362 g/mol. The van der Waals surface area contributed by atoms with Crippen LogP contribution in [0.25, 0.3) is 24.8 Å². The number of aromatic amines is 3. The van der Waals surface area contributed by atoms with Crippen LogP contribution >= 0.6 is 0 Å². The number of hydrogen-bond acceptors (Lipinski definition) is 4. The number of nitrogens with zero attached hydrogens (tertiary/aromatic N) is 4. The summed E-state index contributed by atoms with van der Waals surface area (Å²) in [7, 11) is 0. The summed E-state index contributed by atoms with van der Waals surface area (Å²) in [5.41, 5.74) is 0. The van der Waals surface area contributed by atoms with Gasteiger partial charge in [-0.15, -0.1) is 0 Å². The molecule has 0 aliphatic carbocycles. The smallest absolute Gasteiger partial charge is 0.216 e. The molecule has 140 valence electrons. The van der Waals surface area contributed by atoms with Gasteiger partial charge in [0.15, 0.2) is 0 Å².